The van der Waals surface area contributed by atoms with Gasteiger partial charge in [0.15, 0.2) is 0 Å². The van der Waals surface area contributed by atoms with E-state index >= 15 is 0 Å². The van der Waals surface area contributed by atoms with Crippen molar-refractivity contribution in [3.8, 4) is 22.5 Å². The van der Waals surface area contributed by atoms with Gasteiger partial charge >= 0.3 is 0 Å². The number of benzene rings is 2. The zero-order valence-corrected chi connectivity index (χ0v) is 31.8. The molecule has 0 atom stereocenters. The first-order valence-corrected chi connectivity index (χ1v) is 20.4. The molecule has 6 aromatic rings. The first-order valence-electron chi connectivity index (χ1n) is 19.6. The van der Waals surface area contributed by atoms with Gasteiger partial charge in [-0.05, 0) is 70.2 Å². The second kappa shape index (κ2) is 15.5. The maximum Gasteiger partial charge on any atom is 0.113 e. The summed E-state index contributed by atoms with van der Waals surface area (Å²) in [5.41, 5.74) is 4.70. The predicted octanol–water partition coefficient (Wildman–Crippen LogP) is 10.6. The molecule has 2 aromatic carbocycles. The Morgan fingerprint density at radius 3 is 2.51 bits per heavy atom. The van der Waals surface area contributed by atoms with Crippen molar-refractivity contribution in [1.82, 2.24) is 15.0 Å². The SMILES string of the molecule is [2H]C([2H])([2H])c1ccc2c(n1)sc1c(-c3cc(C([2H])([2H])C4CCCC4)ccn3)[c-]ccc12.[2H]C([2H])(c1cc(-c2[c-]cccc2)ncc1[Si](C)(C)C)C(C)C.[Ir]. The molecule has 0 unspecified atom stereocenters. The van der Waals surface area contributed by atoms with Crippen LogP contribution in [0.5, 0.6) is 0 Å². The zero-order valence-electron chi connectivity index (χ0n) is 34.6. The normalized spacial score (nSPS) is 16.6. The fraction of sp³-hybridized carbons (Fsp3) is 0.341. The molecule has 0 N–H and O–H groups in total. The Bertz CT molecular complexity index is 2230. The van der Waals surface area contributed by atoms with Gasteiger partial charge in [0, 0.05) is 47.8 Å². The maximum atomic E-state index is 8.72. The maximum absolute atomic E-state index is 8.72. The van der Waals surface area contributed by atoms with Crippen LogP contribution in [0.1, 0.15) is 65.9 Å². The largest absolute Gasteiger partial charge is 0.305 e. The molecule has 245 valence electrons. The number of hydrogen-bond donors (Lipinski definition) is 0. The van der Waals surface area contributed by atoms with Crippen LogP contribution in [0.15, 0.2) is 79.1 Å². The third kappa shape index (κ3) is 8.53. The monoisotopic (exact) mass is 839 g/mol. The molecule has 6 heteroatoms. The number of rotatable bonds is 7. The van der Waals surface area contributed by atoms with Crippen LogP contribution in [0.3, 0.4) is 0 Å². The third-order valence-corrected chi connectivity index (χ3v) is 11.3. The Morgan fingerprint density at radius 1 is 0.957 bits per heavy atom. The summed E-state index contributed by atoms with van der Waals surface area (Å²) >= 11 is 1.43. The quantitative estimate of drug-likeness (QED) is 0.119. The summed E-state index contributed by atoms with van der Waals surface area (Å²) in [4.78, 5) is 14.2. The number of pyridine rings is 3. The van der Waals surface area contributed by atoms with Crippen LogP contribution in [0, 0.1) is 30.8 Å². The fourth-order valence-electron chi connectivity index (χ4n) is 5.96. The molecule has 1 aliphatic rings. The van der Waals surface area contributed by atoms with Crippen LogP contribution >= 0.6 is 11.3 Å². The van der Waals surface area contributed by atoms with Crippen molar-refractivity contribution < 1.29 is 29.7 Å². The molecule has 1 aliphatic carbocycles. The average molecular weight is 839 g/mol. The van der Waals surface area contributed by atoms with Crippen molar-refractivity contribution >= 4 is 44.9 Å². The van der Waals surface area contributed by atoms with E-state index in [0.29, 0.717) is 16.1 Å². The second-order valence-corrected chi connectivity index (χ2v) is 19.3. The van der Waals surface area contributed by atoms with Crippen LogP contribution in [0.2, 0.25) is 19.6 Å². The van der Waals surface area contributed by atoms with Gasteiger partial charge in [-0.3, -0.25) is 0 Å². The molecule has 4 heterocycles. The molecule has 47 heavy (non-hydrogen) atoms. The van der Waals surface area contributed by atoms with E-state index in [-0.39, 0.29) is 37.6 Å². The Kier molecular flexibility index (Phi) is 8.84. The van der Waals surface area contributed by atoms with Gasteiger partial charge in [-0.25, -0.2) is 4.98 Å². The van der Waals surface area contributed by atoms with Gasteiger partial charge < -0.3 is 9.97 Å². The number of nitrogens with zero attached hydrogens (tertiary/aromatic N) is 3. The summed E-state index contributed by atoms with van der Waals surface area (Å²) in [6.07, 6.45) is 4.81. The molecule has 0 spiro atoms. The van der Waals surface area contributed by atoms with E-state index in [0.717, 1.165) is 68.7 Å². The summed E-state index contributed by atoms with van der Waals surface area (Å²) in [5, 5.41) is 2.98. The summed E-state index contributed by atoms with van der Waals surface area (Å²) in [7, 11) is -1.67. The van der Waals surface area contributed by atoms with Gasteiger partial charge in [0.2, 0.25) is 0 Å². The summed E-state index contributed by atoms with van der Waals surface area (Å²) in [6, 6.07) is 26.9. The van der Waals surface area contributed by atoms with E-state index in [4.69, 9.17) is 9.60 Å². The molecule has 0 amide bonds. The van der Waals surface area contributed by atoms with E-state index in [9.17, 15) is 0 Å². The van der Waals surface area contributed by atoms with E-state index in [2.05, 4.69) is 46.7 Å². The molecule has 0 aliphatic heterocycles. The first-order chi connectivity index (χ1) is 24.9. The minimum absolute atomic E-state index is 0. The molecule has 7 rings (SSSR count). The molecule has 1 saturated carbocycles. The van der Waals surface area contributed by atoms with Gasteiger partial charge in [-0.1, -0.05) is 93.9 Å². The van der Waals surface area contributed by atoms with Gasteiger partial charge in [0.05, 0.1) is 8.07 Å². The third-order valence-electron chi connectivity index (χ3n) is 8.18. The van der Waals surface area contributed by atoms with E-state index in [1.54, 1.807) is 18.3 Å². The van der Waals surface area contributed by atoms with Crippen molar-refractivity contribution in [2.24, 2.45) is 11.8 Å². The molecule has 3 nitrogen and oxygen atoms in total. The van der Waals surface area contributed by atoms with Crippen LogP contribution < -0.4 is 5.19 Å². The van der Waals surface area contributed by atoms with Gasteiger partial charge in [-0.2, -0.15) is 11.3 Å². The van der Waals surface area contributed by atoms with Gasteiger partial charge in [0.25, 0.3) is 0 Å². The van der Waals surface area contributed by atoms with E-state index in [1.807, 2.05) is 74.6 Å². The molecule has 1 radical (unpaired) electrons. The topological polar surface area (TPSA) is 38.7 Å². The summed E-state index contributed by atoms with van der Waals surface area (Å²) in [6.45, 7) is 8.32. The van der Waals surface area contributed by atoms with E-state index < -0.39 is 27.7 Å². The Labute approximate surface area is 309 Å². The van der Waals surface area contributed by atoms with Crippen LogP contribution in [-0.4, -0.2) is 23.0 Å². The summed E-state index contributed by atoms with van der Waals surface area (Å²) < 4.78 is 58.4. The minimum Gasteiger partial charge on any atom is -0.305 e. The van der Waals surface area contributed by atoms with Gasteiger partial charge in [-0.15, -0.1) is 59.7 Å². The van der Waals surface area contributed by atoms with Gasteiger partial charge in [0.1, 0.15) is 4.83 Å². The van der Waals surface area contributed by atoms with Crippen LogP contribution in [-0.2, 0) is 32.9 Å². The number of fused-ring (bicyclic) bond motifs is 3. The molecule has 0 saturated heterocycles. The number of aromatic nitrogens is 3. The summed E-state index contributed by atoms with van der Waals surface area (Å²) in [5.74, 6) is -0.0491. The Balaban J connectivity index is 0.000000217. The van der Waals surface area contributed by atoms with Crippen LogP contribution in [0.25, 0.3) is 42.8 Å². The first kappa shape index (κ1) is 26.9. The van der Waals surface area contributed by atoms with Crippen molar-refractivity contribution in [2.75, 3.05) is 0 Å². The van der Waals surface area contributed by atoms with Crippen molar-refractivity contribution in [2.45, 2.75) is 78.8 Å². The zero-order chi connectivity index (χ0) is 38.3. The molecule has 1 fully saturated rings. The Morgan fingerprint density at radius 2 is 1.79 bits per heavy atom. The molecule has 4 aromatic heterocycles. The van der Waals surface area contributed by atoms with Crippen molar-refractivity contribution in [3.63, 3.8) is 0 Å². The molecular weight excluding hydrogens is 787 g/mol. The number of aryl methyl sites for hydroxylation is 1. The van der Waals surface area contributed by atoms with E-state index in [1.165, 1.54) is 11.3 Å². The standard InChI is InChI=1S/C23H21N2S.C18H24NSi.Ir/c1-15-9-10-19-18-7-4-8-20(22(18)26-23(19)25-15)21-14-17(11-12-24-21)13-16-5-2-3-6-16;1-14(2)11-16-12-17(15-9-7-6-8-10-15)19-13-18(16)20(3,4)5;/h4,7,9-12,14,16H,2-3,5-6,13H2,1H3;6-9,12-14H,11H2,1-5H3;/q2*-1;/i1D3,13D2;11D2;. The minimum atomic E-state index is -2.25. The smallest absolute Gasteiger partial charge is 0.113 e. The average Bonchev–Trinajstić information content (AvgIpc) is 3.80. The fourth-order valence-corrected chi connectivity index (χ4v) is 8.54. The predicted molar refractivity (Wildman–Crippen MR) is 200 cm³/mol. The molecular formula is C41H45IrN3SSi-2. The van der Waals surface area contributed by atoms with Crippen molar-refractivity contribution in [1.29, 1.82) is 0 Å². The van der Waals surface area contributed by atoms with Crippen LogP contribution in [0.4, 0.5) is 0 Å². The number of hydrogen-bond acceptors (Lipinski definition) is 4. The second-order valence-electron chi connectivity index (χ2n) is 13.2. The molecule has 0 bridgehead atoms. The number of thiophene rings is 1. The Hall–Kier alpha value is -3.02. The van der Waals surface area contributed by atoms with Crippen molar-refractivity contribution in [3.05, 3.63) is 108 Å².